The zero-order valence-electron chi connectivity index (χ0n) is 7.41. The number of hydrogen-bond donors (Lipinski definition) is 1. The molecule has 1 aromatic rings. The van der Waals surface area contributed by atoms with Crippen molar-refractivity contribution in [2.75, 3.05) is 12.4 Å². The Labute approximate surface area is 103 Å². The van der Waals surface area contributed by atoms with Crippen LogP contribution in [0.25, 0.3) is 0 Å². The molecule has 76 valence electrons. The molecular weight excluding hydrogens is 284 g/mol. The number of benzene rings is 1. The van der Waals surface area contributed by atoms with Crippen molar-refractivity contribution in [1.82, 2.24) is 0 Å². The lowest BCUT2D eigenvalue weighted by molar-refractivity contribution is 0.363. The minimum Gasteiger partial charge on any atom is -0.488 e. The molecule has 0 spiro atoms. The smallest absolute Gasteiger partial charge is 0.139 e. The Hall–Kier alpha value is -0.120. The first-order valence-corrected chi connectivity index (χ1v) is 5.88. The summed E-state index contributed by atoms with van der Waals surface area (Å²) < 4.78 is 6.39. The molecule has 1 aromatic carbocycles. The topological polar surface area (TPSA) is 9.23 Å². The van der Waals surface area contributed by atoms with Crippen molar-refractivity contribution in [2.24, 2.45) is 0 Å². The second-order valence-electron chi connectivity index (χ2n) is 2.54. The van der Waals surface area contributed by atoms with E-state index in [0.717, 1.165) is 10.2 Å². The molecule has 0 bridgehead atoms. The third-order valence-corrected chi connectivity index (χ3v) is 2.52. The van der Waals surface area contributed by atoms with Crippen LogP contribution in [0.4, 0.5) is 0 Å². The van der Waals surface area contributed by atoms with E-state index >= 15 is 0 Å². The molecule has 0 atom stereocenters. The molecule has 0 aliphatic carbocycles. The number of hydrogen-bond acceptors (Lipinski definition) is 2. The second kappa shape index (κ2) is 6.38. The molecule has 1 nitrogen and oxygen atoms in total. The highest BCUT2D eigenvalue weighted by Crippen LogP contribution is 2.27. The largest absolute Gasteiger partial charge is 0.488 e. The van der Waals surface area contributed by atoms with Crippen molar-refractivity contribution < 1.29 is 4.74 Å². The minimum absolute atomic E-state index is 0.511. The molecule has 0 aliphatic rings. The van der Waals surface area contributed by atoms with Gasteiger partial charge in [-0.25, -0.2) is 0 Å². The van der Waals surface area contributed by atoms with E-state index in [1.807, 2.05) is 24.3 Å². The molecule has 0 saturated heterocycles. The summed E-state index contributed by atoms with van der Waals surface area (Å²) in [5.74, 6) is 1.40. The summed E-state index contributed by atoms with van der Waals surface area (Å²) in [6.07, 6.45) is 3.83. The molecule has 0 aliphatic heterocycles. The first kappa shape index (κ1) is 12.0. The lowest BCUT2D eigenvalue weighted by Gasteiger charge is -2.05. The average molecular weight is 294 g/mol. The molecule has 0 N–H and O–H groups in total. The number of thiol groups is 1. The summed E-state index contributed by atoms with van der Waals surface area (Å²) in [5, 5.41) is 0.618. The van der Waals surface area contributed by atoms with Gasteiger partial charge in [-0.15, -0.1) is 0 Å². The van der Waals surface area contributed by atoms with E-state index < -0.39 is 0 Å². The first-order chi connectivity index (χ1) is 6.74. The van der Waals surface area contributed by atoms with Gasteiger partial charge in [0, 0.05) is 10.2 Å². The Morgan fingerprint density at radius 3 is 2.93 bits per heavy atom. The van der Waals surface area contributed by atoms with Gasteiger partial charge in [0.25, 0.3) is 0 Å². The van der Waals surface area contributed by atoms with Gasteiger partial charge < -0.3 is 4.74 Å². The van der Waals surface area contributed by atoms with Gasteiger partial charge in [-0.2, -0.15) is 12.6 Å². The SMILES string of the molecule is SCC=CCOc1cc(Br)ccc1Cl. The Kier molecular flexibility index (Phi) is 5.45. The minimum atomic E-state index is 0.511. The van der Waals surface area contributed by atoms with E-state index in [1.165, 1.54) is 0 Å². The maximum absolute atomic E-state index is 5.92. The molecule has 1 rings (SSSR count). The maximum atomic E-state index is 5.92. The molecule has 0 aromatic heterocycles. The molecule has 0 saturated carbocycles. The Balaban J connectivity index is 2.57. The van der Waals surface area contributed by atoms with Crippen LogP contribution < -0.4 is 4.74 Å². The van der Waals surface area contributed by atoms with Gasteiger partial charge >= 0.3 is 0 Å². The summed E-state index contributed by atoms with van der Waals surface area (Å²) in [5.41, 5.74) is 0. The van der Waals surface area contributed by atoms with Crippen molar-refractivity contribution in [2.45, 2.75) is 0 Å². The van der Waals surface area contributed by atoms with Gasteiger partial charge in [0.15, 0.2) is 0 Å². The molecule has 0 unspecified atom stereocenters. The lowest BCUT2D eigenvalue weighted by Crippen LogP contribution is -1.94. The molecule has 0 fully saturated rings. The van der Waals surface area contributed by atoms with Gasteiger partial charge in [0.1, 0.15) is 12.4 Å². The van der Waals surface area contributed by atoms with E-state index in [1.54, 1.807) is 6.07 Å². The summed E-state index contributed by atoms with van der Waals surface area (Å²) >= 11 is 13.3. The number of ether oxygens (including phenoxy) is 1. The van der Waals surface area contributed by atoms with Crippen LogP contribution in [0, 0.1) is 0 Å². The van der Waals surface area contributed by atoms with E-state index in [0.29, 0.717) is 17.4 Å². The predicted octanol–water partition coefficient (Wildman–Crippen LogP) is 3.97. The standard InChI is InChI=1S/C10H10BrClOS/c11-8-3-4-9(12)10(7-8)13-5-1-2-6-14/h1-4,7,14H,5-6H2. The van der Waals surface area contributed by atoms with Crippen molar-refractivity contribution in [1.29, 1.82) is 0 Å². The average Bonchev–Trinajstić information content (AvgIpc) is 2.18. The van der Waals surface area contributed by atoms with Crippen LogP contribution in [0.3, 0.4) is 0 Å². The molecule has 0 heterocycles. The van der Waals surface area contributed by atoms with E-state index in [4.69, 9.17) is 16.3 Å². The lowest BCUT2D eigenvalue weighted by atomic mass is 10.3. The summed E-state index contributed by atoms with van der Waals surface area (Å²) in [7, 11) is 0. The van der Waals surface area contributed by atoms with E-state index in [-0.39, 0.29) is 0 Å². The second-order valence-corrected chi connectivity index (χ2v) is 4.23. The fourth-order valence-electron chi connectivity index (χ4n) is 0.868. The number of rotatable bonds is 4. The zero-order valence-corrected chi connectivity index (χ0v) is 10.6. The molecule has 4 heteroatoms. The van der Waals surface area contributed by atoms with Gasteiger partial charge in [-0.05, 0) is 18.2 Å². The van der Waals surface area contributed by atoms with E-state index in [2.05, 4.69) is 28.6 Å². The molecule has 14 heavy (non-hydrogen) atoms. The Morgan fingerprint density at radius 1 is 1.43 bits per heavy atom. The predicted molar refractivity (Wildman–Crippen MR) is 67.6 cm³/mol. The highest BCUT2D eigenvalue weighted by atomic mass is 79.9. The van der Waals surface area contributed by atoms with Crippen LogP contribution in [0.1, 0.15) is 0 Å². The molecular formula is C10H10BrClOS. The highest BCUT2D eigenvalue weighted by molar-refractivity contribution is 9.10. The van der Waals surface area contributed by atoms with Crippen molar-refractivity contribution in [3.05, 3.63) is 39.8 Å². The van der Waals surface area contributed by atoms with Crippen molar-refractivity contribution in [3.63, 3.8) is 0 Å². The Morgan fingerprint density at radius 2 is 2.21 bits per heavy atom. The molecule has 0 amide bonds. The Bertz CT molecular complexity index is 328. The fourth-order valence-corrected chi connectivity index (χ4v) is 1.53. The summed E-state index contributed by atoms with van der Waals surface area (Å²) in [4.78, 5) is 0. The summed E-state index contributed by atoms with van der Waals surface area (Å²) in [6.45, 7) is 0.511. The fraction of sp³-hybridized carbons (Fsp3) is 0.200. The third kappa shape index (κ3) is 3.95. The van der Waals surface area contributed by atoms with Crippen molar-refractivity contribution >= 4 is 40.2 Å². The van der Waals surface area contributed by atoms with E-state index in [9.17, 15) is 0 Å². The number of halogens is 2. The molecule has 0 radical (unpaired) electrons. The van der Waals surface area contributed by atoms with Crippen LogP contribution >= 0.6 is 40.2 Å². The van der Waals surface area contributed by atoms with Crippen LogP contribution in [0.5, 0.6) is 5.75 Å². The van der Waals surface area contributed by atoms with Gasteiger partial charge in [0.2, 0.25) is 0 Å². The normalized spacial score (nSPS) is 10.8. The maximum Gasteiger partial charge on any atom is 0.139 e. The van der Waals surface area contributed by atoms with Crippen LogP contribution in [-0.2, 0) is 0 Å². The van der Waals surface area contributed by atoms with Crippen LogP contribution in [-0.4, -0.2) is 12.4 Å². The van der Waals surface area contributed by atoms with Crippen molar-refractivity contribution in [3.8, 4) is 5.75 Å². The third-order valence-electron chi connectivity index (χ3n) is 1.50. The van der Waals surface area contributed by atoms with Gasteiger partial charge in [-0.3, -0.25) is 0 Å². The highest BCUT2D eigenvalue weighted by Gasteiger charge is 2.00. The zero-order chi connectivity index (χ0) is 10.4. The monoisotopic (exact) mass is 292 g/mol. The summed E-state index contributed by atoms with van der Waals surface area (Å²) in [6, 6.07) is 5.51. The van der Waals surface area contributed by atoms with Crippen LogP contribution in [0.15, 0.2) is 34.8 Å². The quantitative estimate of drug-likeness (QED) is 0.653. The van der Waals surface area contributed by atoms with Gasteiger partial charge in [0.05, 0.1) is 5.02 Å². The first-order valence-electron chi connectivity index (χ1n) is 4.07. The van der Waals surface area contributed by atoms with Gasteiger partial charge in [-0.1, -0.05) is 39.7 Å². The van der Waals surface area contributed by atoms with Crippen LogP contribution in [0.2, 0.25) is 5.02 Å².